The lowest BCUT2D eigenvalue weighted by Crippen LogP contribution is -2.10. The molecule has 0 aromatic heterocycles. The highest BCUT2D eigenvalue weighted by atomic mass is 32.9. The molecular formula is C2H6NO3PS2. The molecule has 0 spiro atoms. The van der Waals surface area contributed by atoms with Crippen molar-refractivity contribution in [2.75, 3.05) is 7.11 Å². The molecule has 0 aliphatic carbocycles. The van der Waals surface area contributed by atoms with Crippen LogP contribution in [0.5, 0.6) is 0 Å². The summed E-state index contributed by atoms with van der Waals surface area (Å²) in [7, 11) is 1.30. The van der Waals surface area contributed by atoms with Crippen LogP contribution in [0.15, 0.2) is 0 Å². The molecular weight excluding hydrogens is 181 g/mol. The lowest BCUT2D eigenvalue weighted by Gasteiger charge is -2.10. The summed E-state index contributed by atoms with van der Waals surface area (Å²) < 4.78 is 8.81. The monoisotopic (exact) mass is 187 g/mol. The Balaban J connectivity index is 3.88. The van der Waals surface area contributed by atoms with Gasteiger partial charge in [-0.05, 0) is 11.8 Å². The maximum Gasteiger partial charge on any atom is 0.410 e. The molecule has 7 heteroatoms. The number of hydrogen-bond acceptors (Lipinski definition) is 4. The molecule has 0 saturated heterocycles. The van der Waals surface area contributed by atoms with Gasteiger partial charge in [-0.2, -0.15) is 0 Å². The van der Waals surface area contributed by atoms with Gasteiger partial charge in [-0.1, -0.05) is 12.2 Å². The topological polar surface area (TPSA) is 61.6 Å². The smallest absolute Gasteiger partial charge is 0.388 e. The Labute approximate surface area is 63.0 Å². The highest BCUT2D eigenvalue weighted by Gasteiger charge is 2.13. The molecule has 9 heavy (non-hydrogen) atoms. The fourth-order valence-electron chi connectivity index (χ4n) is 0.151. The largest absolute Gasteiger partial charge is 0.410 e. The lowest BCUT2D eigenvalue weighted by atomic mass is 11.3. The second-order valence-corrected chi connectivity index (χ2v) is 6.38. The van der Waals surface area contributed by atoms with E-state index in [-0.39, 0.29) is 0 Å². The van der Waals surface area contributed by atoms with Gasteiger partial charge in [0.1, 0.15) is 0 Å². The van der Waals surface area contributed by atoms with Gasteiger partial charge in [0, 0.05) is 7.11 Å². The van der Waals surface area contributed by atoms with Crippen LogP contribution in [-0.2, 0) is 20.9 Å². The van der Waals surface area contributed by atoms with Crippen LogP contribution in [0.3, 0.4) is 0 Å². The van der Waals surface area contributed by atoms with Crippen LogP contribution in [0, 0.1) is 0 Å². The van der Waals surface area contributed by atoms with Crippen LogP contribution in [0.2, 0.25) is 0 Å². The van der Waals surface area contributed by atoms with Crippen molar-refractivity contribution < 1.29 is 13.8 Å². The van der Waals surface area contributed by atoms with E-state index in [2.05, 4.69) is 38.8 Å². The molecule has 0 aliphatic rings. The average Bonchev–Trinajstić information content (AvgIpc) is 1.63. The van der Waals surface area contributed by atoms with Crippen molar-refractivity contribution in [3.05, 3.63) is 0 Å². The van der Waals surface area contributed by atoms with Gasteiger partial charge >= 0.3 is 6.09 Å². The summed E-state index contributed by atoms with van der Waals surface area (Å²) in [5, 5.41) is 0. The van der Waals surface area contributed by atoms with Gasteiger partial charge in [0.25, 0.3) is 5.69 Å². The third-order valence-corrected chi connectivity index (χ3v) is 2.71. The van der Waals surface area contributed by atoms with E-state index >= 15 is 0 Å². The highest BCUT2D eigenvalue weighted by Crippen LogP contribution is 2.52. The van der Waals surface area contributed by atoms with E-state index in [1.807, 2.05) is 0 Å². The predicted molar refractivity (Wildman–Crippen MR) is 40.9 cm³/mol. The van der Waals surface area contributed by atoms with Crippen molar-refractivity contribution in [2.45, 2.75) is 0 Å². The molecule has 1 unspecified atom stereocenters. The molecule has 0 bridgehead atoms. The fraction of sp³-hybridized carbons (Fsp3) is 0.500. The Kier molecular flexibility index (Phi) is 3.50. The maximum atomic E-state index is 10.0. The van der Waals surface area contributed by atoms with Gasteiger partial charge < -0.3 is 14.8 Å². The van der Waals surface area contributed by atoms with Gasteiger partial charge in [-0.3, -0.25) is 0 Å². The van der Waals surface area contributed by atoms with Crippen LogP contribution >= 0.6 is 17.9 Å². The summed E-state index contributed by atoms with van der Waals surface area (Å²) in [6.07, 6.45) is -0.963. The van der Waals surface area contributed by atoms with E-state index in [0.717, 1.165) is 0 Å². The van der Waals surface area contributed by atoms with Crippen molar-refractivity contribution in [1.29, 1.82) is 0 Å². The highest BCUT2D eigenvalue weighted by molar-refractivity contribution is 8.60. The molecule has 54 valence electrons. The SMILES string of the molecule is COP(=S)(S)OC(N)=O. The molecule has 4 nitrogen and oxygen atoms in total. The van der Waals surface area contributed by atoms with Crippen LogP contribution in [-0.4, -0.2) is 13.2 Å². The van der Waals surface area contributed by atoms with E-state index in [9.17, 15) is 4.79 Å². The number of thiol groups is 1. The molecule has 0 saturated carbocycles. The molecule has 1 atom stereocenters. The molecule has 0 radical (unpaired) electrons. The lowest BCUT2D eigenvalue weighted by molar-refractivity contribution is 0.210. The van der Waals surface area contributed by atoms with Gasteiger partial charge in [-0.25, -0.2) is 4.79 Å². The summed E-state index contributed by atoms with van der Waals surface area (Å²) in [5.41, 5.74) is 1.95. The van der Waals surface area contributed by atoms with Crippen LogP contribution < -0.4 is 5.73 Å². The van der Waals surface area contributed by atoms with E-state index in [1.165, 1.54) is 7.11 Å². The second kappa shape index (κ2) is 3.41. The van der Waals surface area contributed by atoms with Crippen molar-refractivity contribution in [1.82, 2.24) is 0 Å². The molecule has 0 aromatic rings. The zero-order valence-electron chi connectivity index (χ0n) is 4.60. The van der Waals surface area contributed by atoms with Crippen molar-refractivity contribution in [2.24, 2.45) is 5.73 Å². The van der Waals surface area contributed by atoms with E-state index in [0.29, 0.717) is 0 Å². The van der Waals surface area contributed by atoms with E-state index in [1.54, 1.807) is 0 Å². The quantitative estimate of drug-likeness (QED) is 0.497. The second-order valence-electron chi connectivity index (χ2n) is 1.06. The first-order chi connectivity index (χ1) is 3.98. The molecule has 0 rings (SSSR count). The third-order valence-electron chi connectivity index (χ3n) is 0.436. The molecule has 0 heterocycles. The zero-order valence-corrected chi connectivity index (χ0v) is 7.21. The fourth-order valence-corrected chi connectivity index (χ4v) is 0.915. The molecule has 1 amide bonds. The minimum Gasteiger partial charge on any atom is -0.388 e. The predicted octanol–water partition coefficient (Wildman–Crippen LogP) is 0.882. The summed E-state index contributed by atoms with van der Waals surface area (Å²) >= 11 is 8.26. The molecule has 2 N–H and O–H groups in total. The zero-order chi connectivity index (χ0) is 7.49. The summed E-state index contributed by atoms with van der Waals surface area (Å²) in [6, 6.07) is 0. The van der Waals surface area contributed by atoms with Gasteiger partial charge in [0.2, 0.25) is 0 Å². The summed E-state index contributed by atoms with van der Waals surface area (Å²) in [4.78, 5) is 10.0. The summed E-state index contributed by atoms with van der Waals surface area (Å²) in [5.74, 6) is 0. The summed E-state index contributed by atoms with van der Waals surface area (Å²) in [6.45, 7) is 0. The Morgan fingerprint density at radius 3 is 2.44 bits per heavy atom. The van der Waals surface area contributed by atoms with Crippen molar-refractivity contribution in [3.63, 3.8) is 0 Å². The van der Waals surface area contributed by atoms with E-state index < -0.39 is 11.8 Å². The van der Waals surface area contributed by atoms with Gasteiger partial charge in [-0.15, -0.1) is 0 Å². The number of carbonyl (C=O) groups is 1. The molecule has 0 fully saturated rings. The standard InChI is InChI=1S/C2H6NO3PS2/c1-5-7(8,9)6-2(3)4/h1H3,(H2,3,4)(H,8,9). The first-order valence-corrected chi connectivity index (χ1v) is 5.64. The van der Waals surface area contributed by atoms with Crippen molar-refractivity contribution >= 4 is 35.8 Å². The Morgan fingerprint density at radius 2 is 2.33 bits per heavy atom. The Bertz CT molecular complexity index is 160. The normalized spacial score (nSPS) is 16.2. The first kappa shape index (κ1) is 9.23. The van der Waals surface area contributed by atoms with Crippen LogP contribution in [0.25, 0.3) is 0 Å². The van der Waals surface area contributed by atoms with Gasteiger partial charge in [0.05, 0.1) is 0 Å². The number of hydrogen-bond donors (Lipinski definition) is 2. The van der Waals surface area contributed by atoms with Crippen LogP contribution in [0.4, 0.5) is 4.79 Å². The minimum atomic E-state index is -2.68. The minimum absolute atomic E-state index is 0.963. The number of nitrogens with two attached hydrogens (primary N) is 1. The maximum absolute atomic E-state index is 10.0. The number of primary amides is 1. The number of amides is 1. The van der Waals surface area contributed by atoms with Gasteiger partial charge in [0.15, 0.2) is 0 Å². The molecule has 0 aliphatic heterocycles. The molecule has 0 aromatic carbocycles. The third kappa shape index (κ3) is 4.72. The number of carbonyl (C=O) groups excluding carboxylic acids is 1. The number of rotatable bonds is 2. The average molecular weight is 187 g/mol. The Hall–Kier alpha value is 0.230. The van der Waals surface area contributed by atoms with Crippen molar-refractivity contribution in [3.8, 4) is 0 Å². The first-order valence-electron chi connectivity index (χ1n) is 1.85. The van der Waals surface area contributed by atoms with E-state index in [4.69, 9.17) is 0 Å². The van der Waals surface area contributed by atoms with Crippen LogP contribution in [0.1, 0.15) is 0 Å². The Morgan fingerprint density at radius 1 is 1.89 bits per heavy atom.